The number of likely N-dealkylation sites (N-methyl/N-ethyl adjacent to an activating group) is 1. The van der Waals surface area contributed by atoms with Crippen LogP contribution >= 0.6 is 0 Å². The van der Waals surface area contributed by atoms with Crippen molar-refractivity contribution < 1.29 is 13.6 Å². The maximum Gasteiger partial charge on any atom is 0.291 e. The normalized spacial score (nSPS) is 15.1. The Kier molecular flexibility index (Phi) is 5.28. The second-order valence-corrected chi connectivity index (χ2v) is 7.55. The first-order chi connectivity index (χ1) is 14.0. The molecule has 3 aromatic rings. The van der Waals surface area contributed by atoms with E-state index in [9.17, 15) is 9.18 Å². The van der Waals surface area contributed by atoms with E-state index in [4.69, 9.17) is 4.42 Å². The van der Waals surface area contributed by atoms with E-state index in [-0.39, 0.29) is 17.3 Å². The molecule has 5 nitrogen and oxygen atoms in total. The molecule has 1 N–H and O–H groups in total. The minimum atomic E-state index is -0.464. The Morgan fingerprint density at radius 1 is 1.14 bits per heavy atom. The van der Waals surface area contributed by atoms with Gasteiger partial charge in [-0.05, 0) is 50.2 Å². The van der Waals surface area contributed by atoms with E-state index in [0.717, 1.165) is 44.0 Å². The van der Waals surface area contributed by atoms with Crippen molar-refractivity contribution in [3.63, 3.8) is 0 Å². The topological polar surface area (TPSA) is 48.7 Å². The van der Waals surface area contributed by atoms with Crippen molar-refractivity contribution in [2.24, 2.45) is 0 Å². The maximum absolute atomic E-state index is 14.0. The summed E-state index contributed by atoms with van der Waals surface area (Å²) in [7, 11) is 0. The number of carbonyl (C=O) groups is 1. The number of anilines is 2. The number of nitrogens with zero attached hydrogens (tertiary/aromatic N) is 2. The fraction of sp³-hybridized carbons (Fsp3) is 0.348. The van der Waals surface area contributed by atoms with Crippen LogP contribution < -0.4 is 10.2 Å². The Bertz CT molecular complexity index is 1050. The lowest BCUT2D eigenvalue weighted by Gasteiger charge is -2.35. The summed E-state index contributed by atoms with van der Waals surface area (Å²) in [5.41, 5.74) is 3.63. The highest BCUT2D eigenvalue weighted by atomic mass is 19.1. The van der Waals surface area contributed by atoms with Crippen LogP contribution in [0.5, 0.6) is 0 Å². The van der Waals surface area contributed by atoms with Gasteiger partial charge in [0, 0.05) is 48.5 Å². The number of hydrogen-bond donors (Lipinski definition) is 1. The number of fused-ring (bicyclic) bond motifs is 1. The van der Waals surface area contributed by atoms with Crippen LogP contribution in [-0.4, -0.2) is 43.5 Å². The summed E-state index contributed by atoms with van der Waals surface area (Å²) in [5, 5.41) is 3.53. The van der Waals surface area contributed by atoms with Crippen LogP contribution in [0.3, 0.4) is 0 Å². The van der Waals surface area contributed by atoms with E-state index in [2.05, 4.69) is 28.1 Å². The summed E-state index contributed by atoms with van der Waals surface area (Å²) in [6.45, 7) is 11.2. The molecule has 0 aliphatic carbocycles. The van der Waals surface area contributed by atoms with Gasteiger partial charge in [0.15, 0.2) is 17.2 Å². The molecule has 6 heteroatoms. The first-order valence-corrected chi connectivity index (χ1v) is 10.0. The van der Waals surface area contributed by atoms with Gasteiger partial charge in [0.25, 0.3) is 5.91 Å². The fourth-order valence-electron chi connectivity index (χ4n) is 3.91. The molecule has 2 heterocycles. The highest BCUT2D eigenvalue weighted by Crippen LogP contribution is 2.29. The Labute approximate surface area is 170 Å². The third-order valence-corrected chi connectivity index (χ3v) is 5.76. The van der Waals surface area contributed by atoms with Crippen molar-refractivity contribution in [1.82, 2.24) is 4.90 Å². The molecule has 1 fully saturated rings. The molecule has 0 unspecified atom stereocenters. The Balaban J connectivity index is 1.52. The van der Waals surface area contributed by atoms with Crippen LogP contribution in [0.4, 0.5) is 15.8 Å². The second kappa shape index (κ2) is 7.87. The number of rotatable bonds is 4. The van der Waals surface area contributed by atoms with Crippen LogP contribution in [0.15, 0.2) is 40.8 Å². The number of halogens is 1. The number of para-hydroxylation sites is 1. The number of aryl methyl sites for hydroxylation is 2. The third-order valence-electron chi connectivity index (χ3n) is 5.76. The molecule has 1 aromatic heterocycles. The number of piperazine rings is 1. The summed E-state index contributed by atoms with van der Waals surface area (Å²) in [5.74, 6) is -0.692. The molecule has 1 amide bonds. The molecule has 152 valence electrons. The monoisotopic (exact) mass is 395 g/mol. The lowest BCUT2D eigenvalue weighted by Crippen LogP contribution is -2.46. The van der Waals surface area contributed by atoms with Gasteiger partial charge in [-0.15, -0.1) is 0 Å². The van der Waals surface area contributed by atoms with Crippen molar-refractivity contribution >= 4 is 28.3 Å². The van der Waals surface area contributed by atoms with Crippen LogP contribution in [0.2, 0.25) is 0 Å². The summed E-state index contributed by atoms with van der Waals surface area (Å²) in [6.07, 6.45) is 0. The molecule has 2 aromatic carbocycles. The number of hydrogen-bond acceptors (Lipinski definition) is 4. The van der Waals surface area contributed by atoms with Crippen molar-refractivity contribution in [3.05, 3.63) is 59.1 Å². The molecule has 0 radical (unpaired) electrons. The van der Waals surface area contributed by atoms with Crippen molar-refractivity contribution in [3.8, 4) is 0 Å². The molecule has 0 saturated carbocycles. The molecule has 29 heavy (non-hydrogen) atoms. The first-order valence-electron chi connectivity index (χ1n) is 10.0. The zero-order valence-electron chi connectivity index (χ0n) is 17.1. The predicted molar refractivity (Wildman–Crippen MR) is 114 cm³/mol. The minimum absolute atomic E-state index is 0.119. The third kappa shape index (κ3) is 3.72. The van der Waals surface area contributed by atoms with Gasteiger partial charge in [-0.25, -0.2) is 4.39 Å². The summed E-state index contributed by atoms with van der Waals surface area (Å²) in [4.78, 5) is 17.6. The van der Waals surface area contributed by atoms with Gasteiger partial charge >= 0.3 is 0 Å². The molecule has 1 aliphatic heterocycles. The van der Waals surface area contributed by atoms with Crippen molar-refractivity contribution in [1.29, 1.82) is 0 Å². The zero-order chi connectivity index (χ0) is 20.5. The summed E-state index contributed by atoms with van der Waals surface area (Å²) < 4.78 is 19.5. The van der Waals surface area contributed by atoms with Gasteiger partial charge in [0.1, 0.15) is 0 Å². The van der Waals surface area contributed by atoms with Crippen molar-refractivity contribution in [2.75, 3.05) is 42.9 Å². The van der Waals surface area contributed by atoms with Gasteiger partial charge < -0.3 is 19.5 Å². The van der Waals surface area contributed by atoms with Gasteiger partial charge in [-0.2, -0.15) is 0 Å². The molecule has 0 bridgehead atoms. The minimum Gasteiger partial charge on any atom is -0.448 e. The summed E-state index contributed by atoms with van der Waals surface area (Å²) >= 11 is 0. The molecule has 0 spiro atoms. The zero-order valence-corrected chi connectivity index (χ0v) is 17.1. The van der Waals surface area contributed by atoms with Gasteiger partial charge in [-0.1, -0.05) is 19.1 Å². The van der Waals surface area contributed by atoms with Crippen LogP contribution in [0.1, 0.15) is 28.6 Å². The quantitative estimate of drug-likeness (QED) is 0.702. The lowest BCUT2D eigenvalue weighted by molar-refractivity contribution is 0.0997. The van der Waals surface area contributed by atoms with Crippen LogP contribution in [0.25, 0.3) is 11.0 Å². The molecule has 0 atom stereocenters. The standard InChI is InChI=1S/C23H26FN3O2/c1-4-26-10-12-27(13-11-26)17-8-9-20(15(2)14-17)25-23(28)21-16(3)18-6-5-7-19(24)22(18)29-21/h5-9,14H,4,10-13H2,1-3H3,(H,25,28). The van der Waals surface area contributed by atoms with E-state index >= 15 is 0 Å². The van der Waals surface area contributed by atoms with Crippen molar-refractivity contribution in [2.45, 2.75) is 20.8 Å². The Morgan fingerprint density at radius 2 is 1.90 bits per heavy atom. The fourth-order valence-corrected chi connectivity index (χ4v) is 3.91. The number of benzene rings is 2. The van der Waals surface area contributed by atoms with Crippen LogP contribution in [0, 0.1) is 19.7 Å². The number of carbonyl (C=O) groups excluding carboxylic acids is 1. The molecule has 1 saturated heterocycles. The number of amides is 1. The Morgan fingerprint density at radius 3 is 2.55 bits per heavy atom. The highest BCUT2D eigenvalue weighted by molar-refractivity contribution is 6.06. The molecule has 1 aliphatic rings. The molecular weight excluding hydrogens is 369 g/mol. The largest absolute Gasteiger partial charge is 0.448 e. The van der Waals surface area contributed by atoms with Crippen LogP contribution in [-0.2, 0) is 0 Å². The van der Waals surface area contributed by atoms with Gasteiger partial charge in [0.05, 0.1) is 0 Å². The van der Waals surface area contributed by atoms with E-state index < -0.39 is 5.82 Å². The lowest BCUT2D eigenvalue weighted by atomic mass is 10.1. The maximum atomic E-state index is 14.0. The average molecular weight is 395 g/mol. The second-order valence-electron chi connectivity index (χ2n) is 7.55. The smallest absolute Gasteiger partial charge is 0.291 e. The van der Waals surface area contributed by atoms with Gasteiger partial charge in [-0.3, -0.25) is 4.79 Å². The van der Waals surface area contributed by atoms with E-state index in [0.29, 0.717) is 10.9 Å². The van der Waals surface area contributed by atoms with Gasteiger partial charge in [0.2, 0.25) is 0 Å². The number of furan rings is 1. The highest BCUT2D eigenvalue weighted by Gasteiger charge is 2.21. The molecular formula is C23H26FN3O2. The first kappa shape index (κ1) is 19.5. The SMILES string of the molecule is CCN1CCN(c2ccc(NC(=O)c3oc4c(F)cccc4c3C)c(C)c2)CC1. The molecule has 4 rings (SSSR count). The Hall–Kier alpha value is -2.86. The number of nitrogens with one attached hydrogen (secondary N) is 1. The van der Waals surface area contributed by atoms with E-state index in [1.165, 1.54) is 11.8 Å². The van der Waals surface area contributed by atoms with E-state index in [1.807, 2.05) is 19.1 Å². The summed E-state index contributed by atoms with van der Waals surface area (Å²) in [6, 6.07) is 10.8. The predicted octanol–water partition coefficient (Wildman–Crippen LogP) is 4.58. The van der Waals surface area contributed by atoms with E-state index in [1.54, 1.807) is 19.1 Å². The average Bonchev–Trinajstić information content (AvgIpc) is 3.08.